The van der Waals surface area contributed by atoms with Gasteiger partial charge in [-0.15, -0.1) is 0 Å². The summed E-state index contributed by atoms with van der Waals surface area (Å²) in [4.78, 5) is 31.3. The maximum absolute atomic E-state index is 12.5. The summed E-state index contributed by atoms with van der Waals surface area (Å²) in [5, 5.41) is 0.323. The van der Waals surface area contributed by atoms with Crippen LogP contribution in [0.5, 0.6) is 0 Å². The molecular weight excluding hydrogens is 292 g/mol. The molecule has 0 aromatic carbocycles. The van der Waals surface area contributed by atoms with Crippen molar-refractivity contribution >= 4 is 23.4 Å². The molecular formula is C14H19ClN4O2. The van der Waals surface area contributed by atoms with Gasteiger partial charge in [-0.05, 0) is 25.5 Å². The number of primary amides is 1. The van der Waals surface area contributed by atoms with Gasteiger partial charge in [0, 0.05) is 37.4 Å². The van der Waals surface area contributed by atoms with Gasteiger partial charge >= 0.3 is 0 Å². The lowest BCUT2D eigenvalue weighted by Gasteiger charge is -2.21. The third-order valence-electron chi connectivity index (χ3n) is 3.42. The van der Waals surface area contributed by atoms with Gasteiger partial charge in [0.1, 0.15) is 5.15 Å². The van der Waals surface area contributed by atoms with E-state index in [9.17, 15) is 9.59 Å². The lowest BCUT2D eigenvalue weighted by molar-refractivity contribution is -0.119. The Kier molecular flexibility index (Phi) is 5.14. The highest BCUT2D eigenvalue weighted by atomic mass is 35.5. The van der Waals surface area contributed by atoms with Crippen molar-refractivity contribution in [1.29, 1.82) is 0 Å². The van der Waals surface area contributed by atoms with Crippen molar-refractivity contribution in [1.82, 2.24) is 14.8 Å². The molecule has 0 saturated carbocycles. The second kappa shape index (κ2) is 6.87. The number of halogens is 1. The van der Waals surface area contributed by atoms with Crippen molar-refractivity contribution in [3.8, 4) is 0 Å². The minimum absolute atomic E-state index is 0.0525. The number of aromatic nitrogens is 1. The number of carbonyl (C=O) groups excluding carboxylic acids is 2. The minimum Gasteiger partial charge on any atom is -0.369 e. The van der Waals surface area contributed by atoms with Crippen LogP contribution in [0.1, 0.15) is 22.5 Å². The number of rotatable bonds is 3. The number of nitrogens with two attached hydrogens (primary N) is 1. The maximum atomic E-state index is 12.5. The molecule has 1 saturated heterocycles. The van der Waals surface area contributed by atoms with Gasteiger partial charge in [-0.25, -0.2) is 4.98 Å². The summed E-state index contributed by atoms with van der Waals surface area (Å²) < 4.78 is 0. The summed E-state index contributed by atoms with van der Waals surface area (Å²) in [5.41, 5.74) is 6.48. The van der Waals surface area contributed by atoms with Crippen LogP contribution in [0.4, 0.5) is 0 Å². The molecule has 0 aliphatic carbocycles. The largest absolute Gasteiger partial charge is 0.369 e. The SMILES string of the molecule is Cc1cc(C(=O)N2CCCN(CC(N)=O)CC2)cc(Cl)n1. The number of hydrogen-bond acceptors (Lipinski definition) is 4. The molecule has 0 unspecified atom stereocenters. The number of amides is 2. The molecule has 1 aliphatic heterocycles. The highest BCUT2D eigenvalue weighted by Gasteiger charge is 2.21. The first-order chi connectivity index (χ1) is 9.95. The Morgan fingerprint density at radius 1 is 1.29 bits per heavy atom. The molecule has 1 fully saturated rings. The molecule has 21 heavy (non-hydrogen) atoms. The van der Waals surface area contributed by atoms with Crippen molar-refractivity contribution < 1.29 is 9.59 Å². The van der Waals surface area contributed by atoms with Crippen LogP contribution < -0.4 is 5.73 Å². The first-order valence-corrected chi connectivity index (χ1v) is 7.27. The summed E-state index contributed by atoms with van der Waals surface area (Å²) in [7, 11) is 0. The quantitative estimate of drug-likeness (QED) is 0.833. The number of pyridine rings is 1. The van der Waals surface area contributed by atoms with Crippen LogP contribution in [0.15, 0.2) is 12.1 Å². The van der Waals surface area contributed by atoms with Gasteiger partial charge in [-0.3, -0.25) is 14.5 Å². The van der Waals surface area contributed by atoms with Crippen LogP contribution in [0.25, 0.3) is 0 Å². The van der Waals surface area contributed by atoms with E-state index in [1.54, 1.807) is 24.0 Å². The molecule has 0 bridgehead atoms. The van der Waals surface area contributed by atoms with Crippen LogP contribution in [0, 0.1) is 6.92 Å². The smallest absolute Gasteiger partial charge is 0.254 e. The van der Waals surface area contributed by atoms with Crippen LogP contribution in [0.2, 0.25) is 5.15 Å². The zero-order valence-corrected chi connectivity index (χ0v) is 12.8. The summed E-state index contributed by atoms with van der Waals surface area (Å²) >= 11 is 5.90. The lowest BCUT2D eigenvalue weighted by Crippen LogP contribution is -2.38. The van der Waals surface area contributed by atoms with E-state index in [2.05, 4.69) is 4.98 Å². The second-order valence-electron chi connectivity index (χ2n) is 5.21. The average Bonchev–Trinajstić information content (AvgIpc) is 2.61. The van der Waals surface area contributed by atoms with Gasteiger partial charge in [0.05, 0.1) is 6.54 Å². The predicted molar refractivity (Wildman–Crippen MR) is 80.1 cm³/mol. The summed E-state index contributed by atoms with van der Waals surface area (Å²) in [5.74, 6) is -0.394. The van der Waals surface area contributed by atoms with Gasteiger partial charge < -0.3 is 10.6 Å². The monoisotopic (exact) mass is 310 g/mol. The van der Waals surface area contributed by atoms with E-state index in [0.717, 1.165) is 18.7 Å². The Morgan fingerprint density at radius 2 is 2.05 bits per heavy atom. The molecule has 1 aliphatic rings. The zero-order chi connectivity index (χ0) is 15.4. The fraction of sp³-hybridized carbons (Fsp3) is 0.500. The van der Waals surface area contributed by atoms with Gasteiger partial charge in [0.25, 0.3) is 5.91 Å². The lowest BCUT2D eigenvalue weighted by atomic mass is 10.2. The van der Waals surface area contributed by atoms with Gasteiger partial charge in [0.2, 0.25) is 5.91 Å². The number of aryl methyl sites for hydroxylation is 1. The summed E-state index contributed by atoms with van der Waals surface area (Å²) in [6.45, 7) is 4.69. The molecule has 1 aromatic heterocycles. The molecule has 2 rings (SSSR count). The molecule has 114 valence electrons. The molecule has 6 nitrogen and oxygen atoms in total. The van der Waals surface area contributed by atoms with Crippen molar-refractivity contribution in [2.45, 2.75) is 13.3 Å². The number of carbonyl (C=O) groups is 2. The fourth-order valence-corrected chi connectivity index (χ4v) is 2.74. The normalized spacial score (nSPS) is 16.6. The highest BCUT2D eigenvalue weighted by molar-refractivity contribution is 6.29. The Morgan fingerprint density at radius 3 is 2.71 bits per heavy atom. The van der Waals surface area contributed by atoms with E-state index in [4.69, 9.17) is 17.3 Å². The number of hydrogen-bond donors (Lipinski definition) is 1. The summed E-state index contributed by atoms with van der Waals surface area (Å²) in [6, 6.07) is 3.32. The Balaban J connectivity index is 2.04. The van der Waals surface area contributed by atoms with E-state index in [0.29, 0.717) is 30.4 Å². The number of nitrogens with zero attached hydrogens (tertiary/aromatic N) is 3. The second-order valence-corrected chi connectivity index (χ2v) is 5.60. The van der Waals surface area contributed by atoms with E-state index >= 15 is 0 Å². The fourth-order valence-electron chi connectivity index (χ4n) is 2.49. The van der Waals surface area contributed by atoms with Gasteiger partial charge in [-0.2, -0.15) is 0 Å². The van der Waals surface area contributed by atoms with E-state index in [-0.39, 0.29) is 18.4 Å². The average molecular weight is 311 g/mol. The summed E-state index contributed by atoms with van der Waals surface area (Å²) in [6.07, 6.45) is 0.816. The van der Waals surface area contributed by atoms with Gasteiger partial charge in [-0.1, -0.05) is 11.6 Å². The molecule has 2 N–H and O–H groups in total. The van der Waals surface area contributed by atoms with Crippen molar-refractivity contribution in [2.75, 3.05) is 32.7 Å². The molecule has 7 heteroatoms. The third-order valence-corrected chi connectivity index (χ3v) is 3.62. The van der Waals surface area contributed by atoms with Crippen LogP contribution in [0.3, 0.4) is 0 Å². The van der Waals surface area contributed by atoms with Crippen LogP contribution in [-0.2, 0) is 4.79 Å². The molecule has 2 amide bonds. The van der Waals surface area contributed by atoms with E-state index in [1.807, 2.05) is 4.90 Å². The zero-order valence-electron chi connectivity index (χ0n) is 12.0. The van der Waals surface area contributed by atoms with E-state index < -0.39 is 0 Å². The molecule has 1 aromatic rings. The maximum Gasteiger partial charge on any atom is 0.254 e. The Labute approximate surface area is 128 Å². The van der Waals surface area contributed by atoms with Crippen LogP contribution in [-0.4, -0.2) is 59.3 Å². The first kappa shape index (κ1) is 15.7. The standard InChI is InChI=1S/C14H19ClN4O2/c1-10-7-11(8-12(15)17-10)14(21)19-4-2-3-18(5-6-19)9-13(16)20/h7-8H,2-6,9H2,1H3,(H2,16,20). The van der Waals surface area contributed by atoms with Crippen molar-refractivity contribution in [3.05, 3.63) is 28.5 Å². The Bertz CT molecular complexity index is 530. The first-order valence-electron chi connectivity index (χ1n) is 6.90. The van der Waals surface area contributed by atoms with Crippen molar-refractivity contribution in [2.24, 2.45) is 5.73 Å². The third kappa shape index (κ3) is 4.41. The minimum atomic E-state index is -0.341. The van der Waals surface area contributed by atoms with E-state index in [1.165, 1.54) is 0 Å². The predicted octanol–water partition coefficient (Wildman–Crippen LogP) is 0.677. The Hall–Kier alpha value is -1.66. The molecule has 0 spiro atoms. The molecule has 0 atom stereocenters. The molecule has 2 heterocycles. The van der Waals surface area contributed by atoms with Gasteiger partial charge in [0.15, 0.2) is 0 Å². The molecule has 0 radical (unpaired) electrons. The van der Waals surface area contributed by atoms with Crippen molar-refractivity contribution in [3.63, 3.8) is 0 Å². The topological polar surface area (TPSA) is 79.5 Å². The highest BCUT2D eigenvalue weighted by Crippen LogP contribution is 2.14. The van der Waals surface area contributed by atoms with Crippen LogP contribution >= 0.6 is 11.6 Å².